The van der Waals surface area contributed by atoms with E-state index < -0.39 is 9.84 Å². The highest BCUT2D eigenvalue weighted by Crippen LogP contribution is 2.39. The average Bonchev–Trinajstić information content (AvgIpc) is 2.41. The van der Waals surface area contributed by atoms with Gasteiger partial charge in [0.2, 0.25) is 0 Å². The Morgan fingerprint density at radius 2 is 1.67 bits per heavy atom. The first kappa shape index (κ1) is 16.9. The normalized spacial score (nSPS) is 31.0. The summed E-state index contributed by atoms with van der Waals surface area (Å²) in [4.78, 5) is 12.2. The zero-order chi connectivity index (χ0) is 15.3. The molecule has 2 fully saturated rings. The van der Waals surface area contributed by atoms with Crippen LogP contribution in [0.5, 0.6) is 0 Å². The van der Waals surface area contributed by atoms with Crippen molar-refractivity contribution in [3.8, 4) is 0 Å². The first-order valence-corrected chi connectivity index (χ1v) is 9.57. The van der Waals surface area contributed by atoms with Crippen molar-refractivity contribution >= 4 is 15.6 Å². The average molecular weight is 318 g/mol. The first-order valence-electron chi connectivity index (χ1n) is 7.96. The van der Waals surface area contributed by atoms with E-state index in [4.69, 9.17) is 9.47 Å². The summed E-state index contributed by atoms with van der Waals surface area (Å²) >= 11 is 0. The number of sulfone groups is 1. The minimum absolute atomic E-state index is 0.0840. The second-order valence-corrected chi connectivity index (χ2v) is 8.47. The van der Waals surface area contributed by atoms with Gasteiger partial charge in [0.15, 0.2) is 9.84 Å². The van der Waals surface area contributed by atoms with Crippen LogP contribution in [-0.2, 0) is 24.1 Å². The van der Waals surface area contributed by atoms with E-state index in [2.05, 4.69) is 0 Å². The number of ether oxygens (including phenoxy) is 2. The van der Waals surface area contributed by atoms with Crippen LogP contribution in [0.3, 0.4) is 0 Å². The number of ketones is 1. The Hall–Kier alpha value is -0.460. The molecule has 0 radical (unpaired) electrons. The van der Waals surface area contributed by atoms with Gasteiger partial charge in [0.1, 0.15) is 5.78 Å². The maximum Gasteiger partial charge on any atom is 0.156 e. The maximum absolute atomic E-state index is 12.2. The second kappa shape index (κ2) is 7.70. The van der Waals surface area contributed by atoms with Gasteiger partial charge in [-0.1, -0.05) is 6.42 Å². The van der Waals surface area contributed by atoms with Gasteiger partial charge in [-0.25, -0.2) is 8.42 Å². The summed E-state index contributed by atoms with van der Waals surface area (Å²) in [5.74, 6) is 0.0810. The summed E-state index contributed by atoms with van der Waals surface area (Å²) in [7, 11) is -2.97. The molecule has 122 valence electrons. The van der Waals surface area contributed by atoms with Gasteiger partial charge in [0, 0.05) is 18.9 Å². The molecule has 0 amide bonds. The molecule has 2 aliphatic heterocycles. The van der Waals surface area contributed by atoms with Crippen LogP contribution in [-0.4, -0.2) is 51.1 Å². The largest absolute Gasteiger partial charge is 0.379 e. The van der Waals surface area contributed by atoms with Crippen LogP contribution in [0.4, 0.5) is 0 Å². The molecule has 0 saturated carbocycles. The summed E-state index contributed by atoms with van der Waals surface area (Å²) in [6.07, 6.45) is 3.88. The van der Waals surface area contributed by atoms with Crippen LogP contribution in [0.25, 0.3) is 0 Å². The lowest BCUT2D eigenvalue weighted by molar-refractivity contribution is -0.124. The summed E-state index contributed by atoms with van der Waals surface area (Å²) in [6.45, 7) is 4.06. The Labute approximate surface area is 127 Å². The topological polar surface area (TPSA) is 69.7 Å². The van der Waals surface area contributed by atoms with Gasteiger partial charge in [-0.15, -0.1) is 0 Å². The molecule has 5 nitrogen and oxygen atoms in total. The Balaban J connectivity index is 1.74. The SMILES string of the molecule is CCOCCOCCC(=O)C1CC2CCCC(C1)S2(=O)=O. The molecule has 0 aromatic heterocycles. The lowest BCUT2D eigenvalue weighted by Gasteiger charge is -2.38. The van der Waals surface area contributed by atoms with Crippen molar-refractivity contribution in [1.29, 1.82) is 0 Å². The highest BCUT2D eigenvalue weighted by atomic mass is 32.2. The predicted octanol–water partition coefficient (Wildman–Crippen LogP) is 1.74. The van der Waals surface area contributed by atoms with E-state index >= 15 is 0 Å². The molecular formula is C15H26O5S. The lowest BCUT2D eigenvalue weighted by atomic mass is 9.86. The van der Waals surface area contributed by atoms with Crippen molar-refractivity contribution in [2.24, 2.45) is 5.92 Å². The van der Waals surface area contributed by atoms with Crippen LogP contribution in [0, 0.1) is 5.92 Å². The molecule has 0 aromatic carbocycles. The molecule has 21 heavy (non-hydrogen) atoms. The maximum atomic E-state index is 12.2. The van der Waals surface area contributed by atoms with Crippen molar-refractivity contribution in [2.75, 3.05) is 26.4 Å². The van der Waals surface area contributed by atoms with Gasteiger partial charge in [0.05, 0.1) is 30.3 Å². The number of rotatable bonds is 8. The molecule has 6 heteroatoms. The third-order valence-corrected chi connectivity index (χ3v) is 7.32. The van der Waals surface area contributed by atoms with E-state index in [0.29, 0.717) is 45.7 Å². The Morgan fingerprint density at radius 1 is 1.05 bits per heavy atom. The zero-order valence-electron chi connectivity index (χ0n) is 12.8. The smallest absolute Gasteiger partial charge is 0.156 e. The number of hydrogen-bond donors (Lipinski definition) is 0. The minimum atomic E-state index is -2.97. The second-order valence-electron chi connectivity index (χ2n) is 5.96. The van der Waals surface area contributed by atoms with Gasteiger partial charge in [0.25, 0.3) is 0 Å². The summed E-state index contributed by atoms with van der Waals surface area (Å²) in [5, 5.41) is -0.560. The van der Waals surface area contributed by atoms with Crippen LogP contribution < -0.4 is 0 Å². The van der Waals surface area contributed by atoms with Crippen molar-refractivity contribution in [3.05, 3.63) is 0 Å². The zero-order valence-corrected chi connectivity index (χ0v) is 13.6. The van der Waals surface area contributed by atoms with Crippen LogP contribution in [0.1, 0.15) is 45.4 Å². The Bertz CT molecular complexity index is 425. The molecule has 2 atom stereocenters. The number of fused-ring (bicyclic) bond motifs is 2. The fourth-order valence-electron chi connectivity index (χ4n) is 3.41. The molecule has 2 bridgehead atoms. The van der Waals surface area contributed by atoms with Crippen LogP contribution in [0.2, 0.25) is 0 Å². The Kier molecular flexibility index (Phi) is 6.20. The molecule has 2 saturated heterocycles. The molecule has 2 rings (SSSR count). The molecule has 2 heterocycles. The highest BCUT2D eigenvalue weighted by molar-refractivity contribution is 7.92. The van der Waals surface area contributed by atoms with Gasteiger partial charge < -0.3 is 9.47 Å². The van der Waals surface area contributed by atoms with Crippen LogP contribution >= 0.6 is 0 Å². The van der Waals surface area contributed by atoms with E-state index in [1.165, 1.54) is 0 Å². The fraction of sp³-hybridized carbons (Fsp3) is 0.933. The van der Waals surface area contributed by atoms with E-state index in [1.807, 2.05) is 6.92 Å². The van der Waals surface area contributed by atoms with Gasteiger partial charge >= 0.3 is 0 Å². The van der Waals surface area contributed by atoms with Gasteiger partial charge in [-0.3, -0.25) is 4.79 Å². The molecule has 2 unspecified atom stereocenters. The predicted molar refractivity (Wildman–Crippen MR) is 80.0 cm³/mol. The van der Waals surface area contributed by atoms with E-state index in [-0.39, 0.29) is 22.2 Å². The quantitative estimate of drug-likeness (QED) is 0.638. The molecular weight excluding hydrogens is 292 g/mol. The summed E-state index contributed by atoms with van der Waals surface area (Å²) < 4.78 is 34.9. The Morgan fingerprint density at radius 3 is 2.29 bits per heavy atom. The third kappa shape index (κ3) is 4.27. The number of carbonyl (C=O) groups excluding carboxylic acids is 1. The number of hydrogen-bond acceptors (Lipinski definition) is 5. The van der Waals surface area contributed by atoms with Crippen molar-refractivity contribution in [1.82, 2.24) is 0 Å². The molecule has 0 aromatic rings. The van der Waals surface area contributed by atoms with E-state index in [1.54, 1.807) is 0 Å². The summed E-state index contributed by atoms with van der Waals surface area (Å²) in [6, 6.07) is 0. The molecule has 0 aliphatic carbocycles. The third-order valence-electron chi connectivity index (χ3n) is 4.60. The van der Waals surface area contributed by atoms with Crippen molar-refractivity contribution in [2.45, 2.75) is 55.9 Å². The fourth-order valence-corrected chi connectivity index (χ4v) is 5.95. The number of Topliss-reactive ketones (excluding diaryl/α,β-unsaturated/α-hetero) is 1. The van der Waals surface area contributed by atoms with Crippen molar-refractivity contribution in [3.63, 3.8) is 0 Å². The van der Waals surface area contributed by atoms with Gasteiger partial charge in [-0.05, 0) is 32.6 Å². The lowest BCUT2D eigenvalue weighted by Crippen LogP contribution is -2.45. The van der Waals surface area contributed by atoms with E-state index in [0.717, 1.165) is 19.3 Å². The summed E-state index contributed by atoms with van der Waals surface area (Å²) in [5.41, 5.74) is 0. The first-order chi connectivity index (χ1) is 10.1. The monoisotopic (exact) mass is 318 g/mol. The highest BCUT2D eigenvalue weighted by Gasteiger charge is 2.45. The molecule has 2 aliphatic rings. The standard InChI is InChI=1S/C15H26O5S/c1-2-19-8-9-20-7-6-15(16)12-10-13-4-3-5-14(11-12)21(13,17)18/h12-14H,2-11H2,1H3. The van der Waals surface area contributed by atoms with Crippen LogP contribution in [0.15, 0.2) is 0 Å². The number of carbonyl (C=O) groups is 1. The minimum Gasteiger partial charge on any atom is -0.379 e. The van der Waals surface area contributed by atoms with E-state index in [9.17, 15) is 13.2 Å². The van der Waals surface area contributed by atoms with Crippen molar-refractivity contribution < 1.29 is 22.7 Å². The van der Waals surface area contributed by atoms with Gasteiger partial charge in [-0.2, -0.15) is 0 Å². The molecule has 0 N–H and O–H groups in total. The molecule has 0 spiro atoms.